The van der Waals surface area contributed by atoms with Gasteiger partial charge in [-0.05, 0) is 43.3 Å². The van der Waals surface area contributed by atoms with Crippen LogP contribution in [-0.4, -0.2) is 34.9 Å². The van der Waals surface area contributed by atoms with Crippen molar-refractivity contribution in [1.82, 2.24) is 9.97 Å². The van der Waals surface area contributed by atoms with Gasteiger partial charge in [-0.3, -0.25) is 9.59 Å². The third-order valence-electron chi connectivity index (χ3n) is 4.25. The Morgan fingerprint density at radius 3 is 2.31 bits per heavy atom. The van der Waals surface area contributed by atoms with Gasteiger partial charge in [0.15, 0.2) is 17.3 Å². The fourth-order valence-electron chi connectivity index (χ4n) is 2.76. The molecule has 3 aromatic rings. The number of ketones is 1. The van der Waals surface area contributed by atoms with Crippen LogP contribution >= 0.6 is 0 Å². The fraction of sp³-hybridized carbons (Fsp3) is 0.143. The Bertz CT molecular complexity index is 1050. The molecule has 29 heavy (non-hydrogen) atoms. The van der Waals surface area contributed by atoms with Crippen LogP contribution in [0.15, 0.2) is 54.9 Å². The summed E-state index contributed by atoms with van der Waals surface area (Å²) in [6.45, 7) is 2.54. The van der Waals surface area contributed by atoms with E-state index in [1.165, 1.54) is 19.3 Å². The number of fused-ring (bicyclic) bond motifs is 1. The Balaban J connectivity index is 1.40. The summed E-state index contributed by atoms with van der Waals surface area (Å²) in [6.07, 6.45) is 2.87. The maximum atomic E-state index is 12.3. The zero-order valence-corrected chi connectivity index (χ0v) is 15.6. The number of rotatable bonds is 5. The molecule has 8 nitrogen and oxygen atoms in total. The van der Waals surface area contributed by atoms with Crippen LogP contribution < -0.4 is 20.1 Å². The zero-order valence-electron chi connectivity index (χ0n) is 15.6. The van der Waals surface area contributed by atoms with Crippen LogP contribution in [0, 0.1) is 0 Å². The molecule has 2 heterocycles. The first-order chi connectivity index (χ1) is 14.1. The van der Waals surface area contributed by atoms with Gasteiger partial charge in [0.05, 0.1) is 12.4 Å². The maximum Gasteiger partial charge on any atom is 0.275 e. The summed E-state index contributed by atoms with van der Waals surface area (Å²) in [7, 11) is 0. The quantitative estimate of drug-likeness (QED) is 0.643. The molecule has 2 N–H and O–H groups in total. The molecule has 1 aromatic heterocycles. The summed E-state index contributed by atoms with van der Waals surface area (Å²) in [5.41, 5.74) is 2.09. The third-order valence-corrected chi connectivity index (χ3v) is 4.25. The summed E-state index contributed by atoms with van der Waals surface area (Å²) in [5.74, 6) is 1.44. The second-order valence-corrected chi connectivity index (χ2v) is 6.36. The molecule has 146 valence electrons. The van der Waals surface area contributed by atoms with Crippen molar-refractivity contribution in [3.05, 3.63) is 66.1 Å². The predicted molar refractivity (Wildman–Crippen MR) is 107 cm³/mol. The number of nitrogens with one attached hydrogen (secondary N) is 2. The first kappa shape index (κ1) is 18.4. The molecule has 0 atom stereocenters. The van der Waals surface area contributed by atoms with Gasteiger partial charge < -0.3 is 20.1 Å². The summed E-state index contributed by atoms with van der Waals surface area (Å²) in [5, 5.41) is 5.84. The number of Topliss-reactive ketones (excluding diaryl/α,β-unsaturated/α-hetero) is 1. The molecule has 0 aliphatic carbocycles. The highest BCUT2D eigenvalue weighted by Gasteiger charge is 2.13. The molecular formula is C21H18N4O4. The highest BCUT2D eigenvalue weighted by Crippen LogP contribution is 2.33. The standard InChI is InChI=1S/C21H18N4O4/c1-13(26)14-2-4-15(5-3-14)25-21(27)17-11-23-20(12-22-17)24-16-6-7-18-19(10-16)29-9-8-28-18/h2-7,10-12H,8-9H2,1H3,(H,23,24)(H,25,27). The van der Waals surface area contributed by atoms with Crippen LogP contribution in [0.4, 0.5) is 17.2 Å². The summed E-state index contributed by atoms with van der Waals surface area (Å²) < 4.78 is 11.1. The smallest absolute Gasteiger partial charge is 0.275 e. The van der Waals surface area contributed by atoms with Gasteiger partial charge in [0, 0.05) is 23.0 Å². The number of ether oxygens (including phenoxy) is 2. The molecule has 0 fully saturated rings. The Labute approximate surface area is 166 Å². The van der Waals surface area contributed by atoms with E-state index in [2.05, 4.69) is 20.6 Å². The van der Waals surface area contributed by atoms with Gasteiger partial charge in [-0.2, -0.15) is 0 Å². The van der Waals surface area contributed by atoms with E-state index in [9.17, 15) is 9.59 Å². The maximum absolute atomic E-state index is 12.3. The van der Waals surface area contributed by atoms with Crippen molar-refractivity contribution in [2.75, 3.05) is 23.8 Å². The second-order valence-electron chi connectivity index (χ2n) is 6.36. The SMILES string of the molecule is CC(=O)c1ccc(NC(=O)c2cnc(Nc3ccc4c(c3)OCCO4)cn2)cc1. The van der Waals surface area contributed by atoms with Crippen LogP contribution in [0.25, 0.3) is 0 Å². The third kappa shape index (κ3) is 4.32. The number of carbonyl (C=O) groups is 2. The van der Waals surface area contributed by atoms with E-state index in [1.54, 1.807) is 24.3 Å². The van der Waals surface area contributed by atoms with E-state index in [4.69, 9.17) is 9.47 Å². The van der Waals surface area contributed by atoms with Gasteiger partial charge in [-0.25, -0.2) is 9.97 Å². The van der Waals surface area contributed by atoms with E-state index in [0.717, 1.165) is 5.69 Å². The first-order valence-corrected chi connectivity index (χ1v) is 8.99. The zero-order chi connectivity index (χ0) is 20.2. The van der Waals surface area contributed by atoms with Crippen molar-refractivity contribution in [2.24, 2.45) is 0 Å². The minimum atomic E-state index is -0.390. The van der Waals surface area contributed by atoms with Crippen molar-refractivity contribution >= 4 is 28.9 Å². The predicted octanol–water partition coefficient (Wildman–Crippen LogP) is 3.45. The summed E-state index contributed by atoms with van der Waals surface area (Å²) in [6, 6.07) is 12.1. The lowest BCUT2D eigenvalue weighted by Crippen LogP contribution is -2.15. The Morgan fingerprint density at radius 1 is 0.897 bits per heavy atom. The highest BCUT2D eigenvalue weighted by molar-refractivity contribution is 6.03. The van der Waals surface area contributed by atoms with Gasteiger partial charge in [0.25, 0.3) is 5.91 Å². The average molecular weight is 390 g/mol. The van der Waals surface area contributed by atoms with Crippen molar-refractivity contribution in [3.63, 3.8) is 0 Å². The molecule has 0 saturated heterocycles. The lowest BCUT2D eigenvalue weighted by Gasteiger charge is -2.19. The van der Waals surface area contributed by atoms with Crippen LogP contribution in [0.1, 0.15) is 27.8 Å². The van der Waals surface area contributed by atoms with Gasteiger partial charge in [-0.1, -0.05) is 0 Å². The molecule has 1 amide bonds. The molecule has 2 aromatic carbocycles. The van der Waals surface area contributed by atoms with E-state index >= 15 is 0 Å². The van der Waals surface area contributed by atoms with Gasteiger partial charge in [0.2, 0.25) is 0 Å². The van der Waals surface area contributed by atoms with E-state index in [0.29, 0.717) is 41.8 Å². The molecule has 8 heteroatoms. The van der Waals surface area contributed by atoms with E-state index in [1.807, 2.05) is 18.2 Å². The summed E-state index contributed by atoms with van der Waals surface area (Å²) >= 11 is 0. The second kappa shape index (κ2) is 7.97. The largest absolute Gasteiger partial charge is 0.486 e. The summed E-state index contributed by atoms with van der Waals surface area (Å²) in [4.78, 5) is 32.0. The van der Waals surface area contributed by atoms with Crippen molar-refractivity contribution in [1.29, 1.82) is 0 Å². The molecular weight excluding hydrogens is 372 g/mol. The van der Waals surface area contributed by atoms with Crippen molar-refractivity contribution < 1.29 is 19.1 Å². The van der Waals surface area contributed by atoms with E-state index in [-0.39, 0.29) is 17.4 Å². The van der Waals surface area contributed by atoms with Crippen molar-refractivity contribution in [2.45, 2.75) is 6.92 Å². The van der Waals surface area contributed by atoms with Crippen LogP contribution in [-0.2, 0) is 0 Å². The number of aromatic nitrogens is 2. The molecule has 0 radical (unpaired) electrons. The normalized spacial score (nSPS) is 12.2. The average Bonchev–Trinajstić information content (AvgIpc) is 2.74. The molecule has 1 aliphatic heterocycles. The monoisotopic (exact) mass is 390 g/mol. The minimum absolute atomic E-state index is 0.0325. The Kier molecular flexibility index (Phi) is 5.07. The molecule has 4 rings (SSSR count). The molecule has 1 aliphatic rings. The lowest BCUT2D eigenvalue weighted by atomic mass is 10.1. The number of hydrogen-bond acceptors (Lipinski definition) is 7. The highest BCUT2D eigenvalue weighted by atomic mass is 16.6. The fourth-order valence-corrected chi connectivity index (χ4v) is 2.76. The van der Waals surface area contributed by atoms with Crippen LogP contribution in [0.3, 0.4) is 0 Å². The van der Waals surface area contributed by atoms with Crippen LogP contribution in [0.2, 0.25) is 0 Å². The molecule has 0 saturated carbocycles. The number of benzene rings is 2. The van der Waals surface area contributed by atoms with Gasteiger partial charge >= 0.3 is 0 Å². The minimum Gasteiger partial charge on any atom is -0.486 e. The van der Waals surface area contributed by atoms with E-state index < -0.39 is 0 Å². The number of amides is 1. The number of anilines is 3. The molecule has 0 bridgehead atoms. The molecule has 0 unspecified atom stereocenters. The first-order valence-electron chi connectivity index (χ1n) is 8.99. The van der Waals surface area contributed by atoms with Crippen LogP contribution in [0.5, 0.6) is 11.5 Å². The topological polar surface area (TPSA) is 102 Å². The van der Waals surface area contributed by atoms with Gasteiger partial charge in [0.1, 0.15) is 24.7 Å². The Morgan fingerprint density at radius 2 is 1.62 bits per heavy atom. The lowest BCUT2D eigenvalue weighted by molar-refractivity contribution is 0.101. The molecule has 0 spiro atoms. The number of carbonyl (C=O) groups excluding carboxylic acids is 2. The van der Waals surface area contributed by atoms with Crippen molar-refractivity contribution in [3.8, 4) is 11.5 Å². The number of hydrogen-bond donors (Lipinski definition) is 2. The van der Waals surface area contributed by atoms with Gasteiger partial charge in [-0.15, -0.1) is 0 Å². The Hall–Kier alpha value is -3.94. The number of nitrogens with zero attached hydrogens (tertiary/aromatic N) is 2.